The number of rotatable bonds is 4. The molecule has 0 saturated carbocycles. The quantitative estimate of drug-likeness (QED) is 0.844. The highest BCUT2D eigenvalue weighted by Crippen LogP contribution is 2.25. The van der Waals surface area contributed by atoms with Crippen LogP contribution in [-0.4, -0.2) is 45.8 Å². The molecule has 0 radical (unpaired) electrons. The maximum Gasteiger partial charge on any atom is 0.348 e. The Hall–Kier alpha value is -1.89. The van der Waals surface area contributed by atoms with Crippen LogP contribution in [0.15, 0.2) is 17.2 Å². The van der Waals surface area contributed by atoms with Gasteiger partial charge in [-0.25, -0.2) is 19.3 Å². The normalized spacial score (nSPS) is 19.6. The molecule has 0 amide bonds. The van der Waals surface area contributed by atoms with Crippen molar-refractivity contribution in [2.24, 2.45) is 0 Å². The van der Waals surface area contributed by atoms with Gasteiger partial charge in [0.1, 0.15) is 12.1 Å². The Morgan fingerprint density at radius 1 is 1.50 bits per heavy atom. The SMILES string of the molecule is CNCCC1CCCCN1c1cc2n[nH]c(=O)n2cn1. The number of hydrogen-bond acceptors (Lipinski definition) is 5. The molecule has 0 bridgehead atoms. The highest BCUT2D eigenvalue weighted by Gasteiger charge is 2.23. The monoisotopic (exact) mass is 276 g/mol. The molecule has 1 atom stereocenters. The Kier molecular flexibility index (Phi) is 3.68. The first-order valence-corrected chi connectivity index (χ1v) is 7.13. The zero-order valence-electron chi connectivity index (χ0n) is 11.7. The van der Waals surface area contributed by atoms with Crippen LogP contribution in [0.2, 0.25) is 0 Å². The molecule has 0 aliphatic carbocycles. The minimum Gasteiger partial charge on any atom is -0.353 e. The largest absolute Gasteiger partial charge is 0.353 e. The molecule has 7 nitrogen and oxygen atoms in total. The van der Waals surface area contributed by atoms with Gasteiger partial charge >= 0.3 is 5.69 Å². The summed E-state index contributed by atoms with van der Waals surface area (Å²) in [5, 5.41) is 9.66. The van der Waals surface area contributed by atoms with Crippen LogP contribution in [-0.2, 0) is 0 Å². The summed E-state index contributed by atoms with van der Waals surface area (Å²) in [6.45, 7) is 2.03. The third-order valence-electron chi connectivity index (χ3n) is 3.94. The maximum atomic E-state index is 11.5. The van der Waals surface area contributed by atoms with E-state index in [1.807, 2.05) is 13.1 Å². The molecule has 2 aromatic heterocycles. The first-order valence-electron chi connectivity index (χ1n) is 7.13. The summed E-state index contributed by atoms with van der Waals surface area (Å²) in [4.78, 5) is 18.2. The molecule has 2 N–H and O–H groups in total. The van der Waals surface area contributed by atoms with E-state index in [2.05, 4.69) is 25.4 Å². The van der Waals surface area contributed by atoms with Crippen molar-refractivity contribution in [2.75, 3.05) is 25.0 Å². The van der Waals surface area contributed by atoms with E-state index in [0.717, 1.165) is 25.3 Å². The van der Waals surface area contributed by atoms with E-state index in [-0.39, 0.29) is 5.69 Å². The van der Waals surface area contributed by atoms with Crippen LogP contribution in [0.5, 0.6) is 0 Å². The number of nitrogens with one attached hydrogen (secondary N) is 2. The van der Waals surface area contributed by atoms with Gasteiger partial charge in [0.05, 0.1) is 0 Å². The summed E-state index contributed by atoms with van der Waals surface area (Å²) in [7, 11) is 1.98. The molecular weight excluding hydrogens is 256 g/mol. The molecule has 0 aromatic carbocycles. The van der Waals surface area contributed by atoms with E-state index in [1.165, 1.54) is 23.7 Å². The van der Waals surface area contributed by atoms with E-state index < -0.39 is 0 Å². The third-order valence-corrected chi connectivity index (χ3v) is 3.94. The van der Waals surface area contributed by atoms with Crippen LogP contribution >= 0.6 is 0 Å². The second-order valence-corrected chi connectivity index (χ2v) is 5.24. The lowest BCUT2D eigenvalue weighted by Crippen LogP contribution is -2.41. The summed E-state index contributed by atoms with van der Waals surface area (Å²) in [5.41, 5.74) is 0.377. The van der Waals surface area contributed by atoms with Gasteiger partial charge in [0.25, 0.3) is 0 Å². The highest BCUT2D eigenvalue weighted by molar-refractivity contribution is 5.51. The van der Waals surface area contributed by atoms with Gasteiger partial charge < -0.3 is 10.2 Å². The summed E-state index contributed by atoms with van der Waals surface area (Å²) >= 11 is 0. The van der Waals surface area contributed by atoms with Crippen molar-refractivity contribution >= 4 is 11.5 Å². The summed E-state index contributed by atoms with van der Waals surface area (Å²) in [5.74, 6) is 0.914. The Bertz CT molecular complexity index is 633. The number of fused-ring (bicyclic) bond motifs is 1. The fraction of sp³-hybridized carbons (Fsp3) is 0.615. The van der Waals surface area contributed by atoms with E-state index >= 15 is 0 Å². The van der Waals surface area contributed by atoms with Crippen LogP contribution in [0.1, 0.15) is 25.7 Å². The molecule has 20 heavy (non-hydrogen) atoms. The predicted molar refractivity (Wildman–Crippen MR) is 77.1 cm³/mol. The topological polar surface area (TPSA) is 78.3 Å². The molecule has 1 saturated heterocycles. The zero-order valence-corrected chi connectivity index (χ0v) is 11.7. The van der Waals surface area contributed by atoms with Crippen molar-refractivity contribution in [3.05, 3.63) is 22.9 Å². The number of aromatic amines is 1. The van der Waals surface area contributed by atoms with Gasteiger partial charge in [-0.3, -0.25) is 0 Å². The second-order valence-electron chi connectivity index (χ2n) is 5.24. The summed E-state index contributed by atoms with van der Waals surface area (Å²) in [6, 6.07) is 2.40. The van der Waals surface area contributed by atoms with E-state index in [4.69, 9.17) is 0 Å². The van der Waals surface area contributed by atoms with Gasteiger partial charge in [-0.05, 0) is 39.3 Å². The Balaban J connectivity index is 1.88. The zero-order chi connectivity index (χ0) is 13.9. The number of aromatic nitrogens is 4. The van der Waals surface area contributed by atoms with Gasteiger partial charge in [-0.15, -0.1) is 0 Å². The fourth-order valence-electron chi connectivity index (χ4n) is 2.87. The van der Waals surface area contributed by atoms with Gasteiger partial charge in [-0.2, -0.15) is 5.10 Å². The van der Waals surface area contributed by atoms with Crippen molar-refractivity contribution < 1.29 is 0 Å². The number of hydrogen-bond donors (Lipinski definition) is 2. The van der Waals surface area contributed by atoms with E-state index in [0.29, 0.717) is 11.7 Å². The molecule has 3 heterocycles. The highest BCUT2D eigenvalue weighted by atomic mass is 16.1. The first-order chi connectivity index (χ1) is 9.79. The van der Waals surface area contributed by atoms with Crippen LogP contribution in [0.25, 0.3) is 5.65 Å². The number of anilines is 1. The average Bonchev–Trinajstić information content (AvgIpc) is 2.86. The molecule has 3 rings (SSSR count). The van der Waals surface area contributed by atoms with Gasteiger partial charge in [-0.1, -0.05) is 0 Å². The first kappa shape index (κ1) is 13.1. The smallest absolute Gasteiger partial charge is 0.348 e. The third kappa shape index (κ3) is 2.40. The van der Waals surface area contributed by atoms with Crippen LogP contribution in [0.4, 0.5) is 5.82 Å². The molecular formula is C13H20N6O. The number of piperidine rings is 1. The van der Waals surface area contributed by atoms with Crippen molar-refractivity contribution in [2.45, 2.75) is 31.7 Å². The van der Waals surface area contributed by atoms with E-state index in [1.54, 1.807) is 6.33 Å². The number of H-pyrrole nitrogens is 1. The van der Waals surface area contributed by atoms with Gasteiger partial charge in [0, 0.05) is 18.7 Å². The lowest BCUT2D eigenvalue weighted by atomic mass is 9.99. The molecule has 0 spiro atoms. The van der Waals surface area contributed by atoms with Gasteiger partial charge in [0.2, 0.25) is 0 Å². The van der Waals surface area contributed by atoms with Crippen LogP contribution in [0, 0.1) is 0 Å². The van der Waals surface area contributed by atoms with Crippen LogP contribution in [0.3, 0.4) is 0 Å². The molecule has 108 valence electrons. The van der Waals surface area contributed by atoms with Crippen molar-refractivity contribution in [3.63, 3.8) is 0 Å². The average molecular weight is 276 g/mol. The Morgan fingerprint density at radius 3 is 3.25 bits per heavy atom. The Morgan fingerprint density at radius 2 is 2.40 bits per heavy atom. The molecule has 1 fully saturated rings. The van der Waals surface area contributed by atoms with Crippen molar-refractivity contribution in [3.8, 4) is 0 Å². The fourth-order valence-corrected chi connectivity index (χ4v) is 2.87. The summed E-state index contributed by atoms with van der Waals surface area (Å²) in [6.07, 6.45) is 6.32. The van der Waals surface area contributed by atoms with Gasteiger partial charge in [0.15, 0.2) is 5.65 Å². The number of nitrogens with zero attached hydrogens (tertiary/aromatic N) is 4. The predicted octanol–water partition coefficient (Wildman–Crippen LogP) is 0.386. The van der Waals surface area contributed by atoms with Crippen LogP contribution < -0.4 is 15.9 Å². The lowest BCUT2D eigenvalue weighted by molar-refractivity contribution is 0.430. The summed E-state index contributed by atoms with van der Waals surface area (Å²) < 4.78 is 1.43. The minimum atomic E-state index is -0.246. The maximum absolute atomic E-state index is 11.5. The molecule has 1 aliphatic rings. The molecule has 2 aromatic rings. The Labute approximate surface area is 117 Å². The second kappa shape index (κ2) is 5.62. The van der Waals surface area contributed by atoms with E-state index in [9.17, 15) is 4.79 Å². The minimum absolute atomic E-state index is 0.246. The van der Waals surface area contributed by atoms with Crippen molar-refractivity contribution in [1.29, 1.82) is 0 Å². The lowest BCUT2D eigenvalue weighted by Gasteiger charge is -2.36. The molecule has 1 aliphatic heterocycles. The standard InChI is InChI=1S/C13H20N6O/c1-14-6-5-10-4-2-3-7-18(10)11-8-12-16-17-13(20)19(12)9-15-11/h8-10,14H,2-7H2,1H3,(H,17,20). The molecule has 1 unspecified atom stereocenters. The van der Waals surface area contributed by atoms with Crippen molar-refractivity contribution in [1.82, 2.24) is 24.9 Å². The molecule has 7 heteroatoms.